The molecule has 2 atom stereocenters. The van der Waals surface area contributed by atoms with Crippen LogP contribution in [0.4, 0.5) is 11.4 Å². The summed E-state index contributed by atoms with van der Waals surface area (Å²) in [6, 6.07) is 21.3. The molecule has 0 bridgehead atoms. The predicted molar refractivity (Wildman–Crippen MR) is 162 cm³/mol. The van der Waals surface area contributed by atoms with Gasteiger partial charge in [-0.2, -0.15) is 0 Å². The third-order valence-electron chi connectivity index (χ3n) is 6.95. The lowest BCUT2D eigenvalue weighted by molar-refractivity contribution is -0.123. The van der Waals surface area contributed by atoms with Crippen molar-refractivity contribution in [3.05, 3.63) is 102 Å². The van der Waals surface area contributed by atoms with Crippen LogP contribution >= 0.6 is 12.2 Å². The summed E-state index contributed by atoms with van der Waals surface area (Å²) in [5.74, 6) is -0.633. The van der Waals surface area contributed by atoms with E-state index in [2.05, 4.69) is 15.6 Å². The zero-order valence-electron chi connectivity index (χ0n) is 23.2. The van der Waals surface area contributed by atoms with E-state index in [-0.39, 0.29) is 23.6 Å². The van der Waals surface area contributed by atoms with Gasteiger partial charge >= 0.3 is 5.97 Å². The van der Waals surface area contributed by atoms with E-state index in [0.717, 1.165) is 17.1 Å². The lowest BCUT2D eigenvalue weighted by Gasteiger charge is -2.29. The van der Waals surface area contributed by atoms with Gasteiger partial charge in [0, 0.05) is 40.9 Å². The Labute approximate surface area is 243 Å². The first-order valence-corrected chi connectivity index (χ1v) is 13.5. The van der Waals surface area contributed by atoms with Gasteiger partial charge in [0.2, 0.25) is 5.91 Å². The van der Waals surface area contributed by atoms with Crippen LogP contribution in [0.15, 0.2) is 85.2 Å². The van der Waals surface area contributed by atoms with E-state index in [1.807, 2.05) is 85.0 Å². The predicted octanol–water partition coefficient (Wildman–Crippen LogP) is 5.74. The molecule has 41 heavy (non-hydrogen) atoms. The Balaban J connectivity index is 1.62. The quantitative estimate of drug-likeness (QED) is 0.242. The monoisotopic (exact) mass is 569 g/mol. The molecule has 210 valence electrons. The lowest BCUT2D eigenvalue weighted by atomic mass is 9.95. The van der Waals surface area contributed by atoms with Gasteiger partial charge in [0.05, 0.1) is 30.1 Å². The highest BCUT2D eigenvalue weighted by atomic mass is 32.1. The number of ether oxygens (including phenoxy) is 1. The molecule has 1 saturated heterocycles. The van der Waals surface area contributed by atoms with Crippen molar-refractivity contribution in [2.75, 3.05) is 17.3 Å². The maximum absolute atomic E-state index is 12.7. The van der Waals surface area contributed by atoms with Crippen LogP contribution in [0.25, 0.3) is 5.69 Å². The van der Waals surface area contributed by atoms with Crippen LogP contribution in [0.5, 0.6) is 5.75 Å². The van der Waals surface area contributed by atoms with Crippen molar-refractivity contribution in [1.29, 1.82) is 0 Å². The van der Waals surface area contributed by atoms with E-state index in [4.69, 9.17) is 17.0 Å². The fraction of sp³-hybridized carbons (Fsp3) is 0.226. The average molecular weight is 570 g/mol. The van der Waals surface area contributed by atoms with Crippen LogP contribution in [-0.4, -0.2) is 38.8 Å². The van der Waals surface area contributed by atoms with Crippen molar-refractivity contribution in [3.8, 4) is 11.4 Å². The smallest absolute Gasteiger partial charge is 0.335 e. The van der Waals surface area contributed by atoms with Gasteiger partial charge in [0.15, 0.2) is 5.11 Å². The molecule has 5 rings (SSSR count). The number of pyridine rings is 1. The molecule has 0 spiro atoms. The highest BCUT2D eigenvalue weighted by molar-refractivity contribution is 7.80. The fourth-order valence-corrected chi connectivity index (χ4v) is 5.18. The lowest BCUT2D eigenvalue weighted by Crippen LogP contribution is -2.30. The molecule has 0 aliphatic carbocycles. The number of anilines is 2. The molecule has 0 unspecified atom stereocenters. The first-order valence-electron chi connectivity index (χ1n) is 13.1. The van der Waals surface area contributed by atoms with Gasteiger partial charge < -0.3 is 29.9 Å². The Morgan fingerprint density at radius 3 is 2.51 bits per heavy atom. The van der Waals surface area contributed by atoms with Crippen molar-refractivity contribution >= 4 is 40.6 Å². The van der Waals surface area contributed by atoms with Crippen molar-refractivity contribution in [1.82, 2.24) is 14.9 Å². The number of nitrogens with one attached hydrogen (secondary N) is 2. The van der Waals surface area contributed by atoms with Crippen molar-refractivity contribution in [2.45, 2.75) is 32.9 Å². The third-order valence-corrected chi connectivity index (χ3v) is 7.26. The van der Waals surface area contributed by atoms with Gasteiger partial charge in [-0.15, -0.1) is 0 Å². The molecule has 1 aliphatic rings. The van der Waals surface area contributed by atoms with Crippen LogP contribution in [0.2, 0.25) is 0 Å². The van der Waals surface area contributed by atoms with Gasteiger partial charge in [-0.05, 0) is 66.8 Å². The fourth-order valence-electron chi connectivity index (χ4n) is 4.84. The standard InChI is InChI=1S/C31H31N5O4S/c1-31(2,3)29(39)33-22-14-13-21(18-25(22)40-4)36-27(26(34-30(36)41)23-11-5-6-15-32-23)24-12-8-16-35(24)20-10-7-9-19(17-20)28(37)38/h5-18,26-27H,1-4H3,(H,33,39)(H,34,41)(H,37,38)/t26-,27+/m1/s1. The number of carbonyl (C=O) groups excluding carboxylic acids is 1. The van der Waals surface area contributed by atoms with E-state index in [0.29, 0.717) is 22.2 Å². The molecule has 1 fully saturated rings. The molecule has 9 nitrogen and oxygen atoms in total. The number of nitrogens with zero attached hydrogens (tertiary/aromatic N) is 3. The SMILES string of the molecule is COc1cc(N2C(=S)N[C@H](c3ccccn3)[C@@H]2c2cccn2-c2cccc(C(=O)O)c2)ccc1NC(=O)C(C)(C)C. The number of carbonyl (C=O) groups is 2. The number of methoxy groups -OCH3 is 1. The first-order chi connectivity index (χ1) is 19.6. The highest BCUT2D eigenvalue weighted by Crippen LogP contribution is 2.44. The van der Waals surface area contributed by atoms with Crippen LogP contribution in [0, 0.1) is 5.41 Å². The van der Waals surface area contributed by atoms with E-state index in [9.17, 15) is 14.7 Å². The summed E-state index contributed by atoms with van der Waals surface area (Å²) in [5.41, 5.74) is 3.31. The normalized spacial score (nSPS) is 16.8. The number of amides is 1. The van der Waals surface area contributed by atoms with Gasteiger partial charge in [-0.25, -0.2) is 4.79 Å². The Morgan fingerprint density at radius 1 is 1.02 bits per heavy atom. The van der Waals surface area contributed by atoms with E-state index >= 15 is 0 Å². The van der Waals surface area contributed by atoms with E-state index in [1.54, 1.807) is 37.6 Å². The molecule has 0 saturated carbocycles. The average Bonchev–Trinajstić information content (AvgIpc) is 3.57. The molecule has 10 heteroatoms. The molecule has 3 N–H and O–H groups in total. The number of aromatic carboxylic acids is 1. The summed E-state index contributed by atoms with van der Waals surface area (Å²) >= 11 is 5.89. The van der Waals surface area contributed by atoms with Gasteiger partial charge in [0.25, 0.3) is 0 Å². The van der Waals surface area contributed by atoms with Gasteiger partial charge in [0.1, 0.15) is 11.8 Å². The molecule has 2 aromatic heterocycles. The number of carboxylic acids is 1. The summed E-state index contributed by atoms with van der Waals surface area (Å²) in [5, 5.41) is 16.5. The van der Waals surface area contributed by atoms with Crippen LogP contribution in [-0.2, 0) is 4.79 Å². The van der Waals surface area contributed by atoms with Crippen molar-refractivity contribution < 1.29 is 19.4 Å². The van der Waals surface area contributed by atoms with Crippen LogP contribution in [0.3, 0.4) is 0 Å². The Hall–Kier alpha value is -4.70. The van der Waals surface area contributed by atoms with Crippen LogP contribution in [0.1, 0.15) is 54.6 Å². The Kier molecular flexibility index (Phi) is 7.51. The maximum Gasteiger partial charge on any atom is 0.335 e. The summed E-state index contributed by atoms with van der Waals surface area (Å²) < 4.78 is 7.65. The number of hydrogen-bond donors (Lipinski definition) is 3. The Bertz CT molecular complexity index is 1610. The number of thiocarbonyl (C=S) groups is 1. The second-order valence-corrected chi connectivity index (χ2v) is 11.1. The molecular formula is C31H31N5O4S. The zero-order chi connectivity index (χ0) is 29.3. The van der Waals surface area contributed by atoms with Crippen molar-refractivity contribution in [2.24, 2.45) is 5.41 Å². The number of rotatable bonds is 7. The number of benzene rings is 2. The molecule has 3 heterocycles. The first kappa shape index (κ1) is 27.9. The summed E-state index contributed by atoms with van der Waals surface area (Å²) in [7, 11) is 1.56. The molecule has 0 radical (unpaired) electrons. The van der Waals surface area contributed by atoms with Crippen molar-refractivity contribution in [3.63, 3.8) is 0 Å². The molecule has 1 aliphatic heterocycles. The summed E-state index contributed by atoms with van der Waals surface area (Å²) in [4.78, 5) is 31.0. The minimum atomic E-state index is -0.997. The molecule has 2 aromatic carbocycles. The van der Waals surface area contributed by atoms with E-state index < -0.39 is 11.4 Å². The maximum atomic E-state index is 12.7. The van der Waals surface area contributed by atoms with Gasteiger partial charge in [-0.3, -0.25) is 9.78 Å². The Morgan fingerprint density at radius 2 is 1.83 bits per heavy atom. The van der Waals surface area contributed by atoms with E-state index in [1.165, 1.54) is 0 Å². The zero-order valence-corrected chi connectivity index (χ0v) is 24.0. The highest BCUT2D eigenvalue weighted by Gasteiger charge is 2.42. The van der Waals surface area contributed by atoms with Gasteiger partial charge in [-0.1, -0.05) is 32.9 Å². The number of hydrogen-bond acceptors (Lipinski definition) is 5. The van der Waals surface area contributed by atoms with Crippen LogP contribution < -0.4 is 20.3 Å². The largest absolute Gasteiger partial charge is 0.494 e. The second-order valence-electron chi connectivity index (χ2n) is 10.7. The topological polar surface area (TPSA) is 109 Å². The second kappa shape index (κ2) is 11.1. The summed E-state index contributed by atoms with van der Waals surface area (Å²) in [6.45, 7) is 5.55. The minimum absolute atomic E-state index is 0.128. The molecular weight excluding hydrogens is 538 g/mol. The summed E-state index contributed by atoms with van der Waals surface area (Å²) in [6.07, 6.45) is 3.64. The third kappa shape index (κ3) is 5.51. The molecule has 4 aromatic rings. The number of aromatic nitrogens is 2. The molecule has 1 amide bonds. The number of carboxylic acid groups (broad SMARTS) is 1. The minimum Gasteiger partial charge on any atom is -0.494 e.